The molecule has 0 saturated heterocycles. The number of nitrogens with zero attached hydrogens (tertiary/aromatic N) is 38. The van der Waals surface area contributed by atoms with Crippen LogP contribution in [0.25, 0.3) is 155 Å². The second-order valence-electron chi connectivity index (χ2n) is 27.0. The molecule has 0 bridgehead atoms. The van der Waals surface area contributed by atoms with Crippen LogP contribution >= 0.6 is 0 Å². The van der Waals surface area contributed by atoms with Crippen LogP contribution < -0.4 is 20.9 Å². The summed E-state index contributed by atoms with van der Waals surface area (Å²) in [6.45, 7) is 56.3. The number of nitriles is 18. The minimum Gasteiger partial charge on any atom is -0.394 e. The molecule has 684 valence electrons. The van der Waals surface area contributed by atoms with Crippen LogP contribution in [0.4, 0.5) is 99.3 Å². The molecule has 0 spiro atoms. The normalized spacial score (nSPS) is 11.2. The van der Waals surface area contributed by atoms with Crippen LogP contribution in [0.15, 0.2) is 53.1 Å². The van der Waals surface area contributed by atoms with Crippen LogP contribution in [0.3, 0.4) is 0 Å². The van der Waals surface area contributed by atoms with E-state index in [4.69, 9.17) is 94.7 Å². The second-order valence-corrected chi connectivity index (χ2v) is 27.0. The van der Waals surface area contributed by atoms with Gasteiger partial charge in [-0.3, -0.25) is 0 Å². The Bertz CT molecular complexity index is 9190. The lowest BCUT2D eigenvalue weighted by atomic mass is 9.99. The lowest BCUT2D eigenvalue weighted by molar-refractivity contribution is 0.434. The molecule has 14 aromatic rings. The van der Waals surface area contributed by atoms with Crippen LogP contribution in [0.1, 0.15) is 73.6 Å². The van der Waals surface area contributed by atoms with E-state index >= 15 is 26.3 Å². The van der Waals surface area contributed by atoms with Crippen molar-refractivity contribution in [2.75, 3.05) is 0 Å². The summed E-state index contributed by atoms with van der Waals surface area (Å²) in [6.07, 6.45) is 0. The van der Waals surface area contributed by atoms with Crippen molar-refractivity contribution >= 4 is 145 Å². The maximum atomic E-state index is 15.0. The van der Waals surface area contributed by atoms with Gasteiger partial charge in [0.15, 0.2) is 128 Å². The van der Waals surface area contributed by atoms with E-state index in [-0.39, 0.29) is 146 Å². The zero-order valence-corrected chi connectivity index (χ0v) is 70.5. The number of fused-ring (bicyclic) bond motifs is 13. The highest BCUT2D eigenvalue weighted by Crippen LogP contribution is 2.58. The second kappa shape index (κ2) is 42.1. The first-order valence-electron chi connectivity index (χ1n) is 37.5. The number of benzene rings is 8. The molecule has 54 heteroatoms. The molecular weight excluding hydrogens is 1970 g/mol. The van der Waals surface area contributed by atoms with Crippen LogP contribution in [0.2, 0.25) is 0 Å². The van der Waals surface area contributed by atoms with Crippen molar-refractivity contribution in [3.05, 3.63) is 332 Å². The zero-order valence-electron chi connectivity index (χ0n) is 70.5. The van der Waals surface area contributed by atoms with Crippen LogP contribution in [0.5, 0.6) is 0 Å². The van der Waals surface area contributed by atoms with E-state index in [1.807, 2.05) is 36.4 Å². The predicted molar refractivity (Wildman–Crippen MR) is 457 cm³/mol. The molecule has 0 amide bonds. The van der Waals surface area contributed by atoms with Crippen molar-refractivity contribution in [1.82, 2.24) is 59.8 Å². The molecule has 0 aliphatic heterocycles. The molecule has 1 aliphatic carbocycles. The van der Waals surface area contributed by atoms with Gasteiger partial charge in [-0.15, -0.1) is 26.5 Å². The fourth-order valence-corrected chi connectivity index (χ4v) is 13.3. The van der Waals surface area contributed by atoms with Crippen molar-refractivity contribution in [3.8, 4) is 109 Å². The molecular formula is C94H6F16N38. The Morgan fingerprint density at radius 2 is 0.581 bits per heavy atom. The zero-order chi connectivity index (χ0) is 109. The molecule has 1 fully saturated rings. The SMILES string of the molecule is N#CC(C#N)=c1ccc2cc(=C(C#N)C#N)ccc2c1.[C-]#[N+]C(=C1C(=C(C#N)c2c(F)c(F)c(C#N)c(F)c2F)C1=C(C#N)c1c(F)c(F)c([N+]#[C-])c(F)c1F)c1c(F)c(F)c(C#N)c(F)c1F.[C-]#[N+]C(C#N)=c1c(F)c(F)c(=C(C#N)[N+]#[C-])c(F)c1F.[C-]#[N+]c1nc(C#N)c2c3nc(C#N)nc(C#N)c3c3nc(C#N)nc([N+]#[C-])c3c2n1.[C-]#[N+]c1nc2c(nc1C#N)c1nc(C#N)c(C#N)nc1c1nc(C#N)c([N+]#[C-])nc12. The molecule has 1 saturated carbocycles. The van der Waals surface area contributed by atoms with Gasteiger partial charge in [0, 0.05) is 10.4 Å². The predicted octanol–water partition coefficient (Wildman–Crippen LogP) is 15.0. The summed E-state index contributed by atoms with van der Waals surface area (Å²) >= 11 is 0. The fourth-order valence-electron chi connectivity index (χ4n) is 13.3. The highest BCUT2D eigenvalue weighted by atomic mass is 19.2. The van der Waals surface area contributed by atoms with Crippen molar-refractivity contribution in [3.63, 3.8) is 0 Å². The number of halogens is 16. The van der Waals surface area contributed by atoms with Crippen molar-refractivity contribution < 1.29 is 70.2 Å². The molecule has 0 atom stereocenters. The van der Waals surface area contributed by atoms with Gasteiger partial charge in [0.05, 0.1) is 104 Å². The summed E-state index contributed by atoms with van der Waals surface area (Å²) in [5.41, 5.74) is -25.4. The monoisotopic (exact) mass is 1970 g/mol. The fraction of sp³-hybridized carbons (Fsp3) is 0. The van der Waals surface area contributed by atoms with Gasteiger partial charge in [0.1, 0.15) is 141 Å². The average molecular weight is 1970 g/mol. The maximum absolute atomic E-state index is 15.0. The van der Waals surface area contributed by atoms with Crippen molar-refractivity contribution in [1.29, 1.82) is 94.7 Å². The Balaban J connectivity index is 0.000000183. The van der Waals surface area contributed by atoms with E-state index in [1.54, 1.807) is 72.8 Å². The van der Waals surface area contributed by atoms with Crippen LogP contribution in [-0.4, -0.2) is 59.8 Å². The summed E-state index contributed by atoms with van der Waals surface area (Å²) in [4.78, 5) is 71.3. The Morgan fingerprint density at radius 1 is 0.250 bits per heavy atom. The third-order valence-electron chi connectivity index (χ3n) is 19.6. The third-order valence-corrected chi connectivity index (χ3v) is 19.6. The van der Waals surface area contributed by atoms with Gasteiger partial charge in [-0.05, 0) is 39.6 Å². The van der Waals surface area contributed by atoms with E-state index < -0.39 is 182 Å². The summed E-state index contributed by atoms with van der Waals surface area (Å²) in [6, 6.07) is 37.6. The van der Waals surface area contributed by atoms with Crippen molar-refractivity contribution in [2.45, 2.75) is 0 Å². The Morgan fingerprint density at radius 3 is 0.892 bits per heavy atom. The topological polar surface area (TPSA) is 618 Å². The number of rotatable bonds is 3. The first-order valence-corrected chi connectivity index (χ1v) is 37.5. The van der Waals surface area contributed by atoms with E-state index in [0.717, 1.165) is 47.2 Å². The van der Waals surface area contributed by atoms with Crippen LogP contribution in [0, 0.1) is 350 Å². The Labute approximate surface area is 807 Å². The van der Waals surface area contributed by atoms with E-state index in [2.05, 4.69) is 98.6 Å². The molecule has 0 unspecified atom stereocenters. The standard InChI is InChI=1S/C30F12N6.2C18N12.C16H6N4.C12F4N4/c1-47-29(16-25(39)19(33)10(6-46)20(34)26(16)40)15-11(7(3-43)13-21(35)17(31)9(5-45)18(32)22(13)36)12(15)8(4-44)14-23(37)27(41)30(48-2)28(42)24(14)38;1-23-17-13-15(28-10(6-22)29-17)11-7(3-19)25-9(5-21)27-14(11)12-8(4-20)26-18(24-2)30-16(12)13;1-23-17-9(5-21)27-13-11-12(26-8(4-20)7(3-19)25-11)14-16(15(13)29-17)30-18(24-2)10(6-22)28-14;17-7-15(8-18)13-3-1-11-5-14(16(9-19)10-20)4-2-12(11)6-13;1-19-5(3-17)7-9(13)11(15)8(6(4-18)20-2)12(16)10(7)14/h;;;1-6H;. The summed E-state index contributed by atoms with van der Waals surface area (Å²) in [5, 5.41) is 164. The molecule has 0 radical (unpaired) electrons. The largest absolute Gasteiger partial charge is 0.394 e. The summed E-state index contributed by atoms with van der Waals surface area (Å²) in [7, 11) is 0. The Hall–Kier alpha value is -25.6. The maximum Gasteiger partial charge on any atom is 0.373 e. The van der Waals surface area contributed by atoms with Crippen molar-refractivity contribution in [2.24, 2.45) is 0 Å². The molecule has 148 heavy (non-hydrogen) atoms. The lowest BCUT2D eigenvalue weighted by Crippen LogP contribution is -2.30. The first-order chi connectivity index (χ1) is 71.0. The molecule has 38 nitrogen and oxygen atoms in total. The number of aromatic nitrogens is 12. The van der Waals surface area contributed by atoms with Gasteiger partial charge >= 0.3 is 23.4 Å². The number of hydrogen-bond acceptors (Lipinski definition) is 30. The van der Waals surface area contributed by atoms with Gasteiger partial charge in [0.25, 0.3) is 22.9 Å². The van der Waals surface area contributed by atoms with Crippen LogP contribution in [-0.2, 0) is 0 Å². The molecule has 8 aromatic carbocycles. The first kappa shape index (κ1) is 103. The molecule has 0 N–H and O–H groups in total. The van der Waals surface area contributed by atoms with Gasteiger partial charge in [-0.2, -0.15) is 89.2 Å². The molecule has 6 aromatic heterocycles. The molecule has 1 aliphatic rings. The minimum atomic E-state index is -2.52. The number of allylic oxidation sites excluding steroid dienone is 5. The van der Waals surface area contributed by atoms with Gasteiger partial charge in [0.2, 0.25) is 28.2 Å². The third kappa shape index (κ3) is 17.4. The highest BCUT2D eigenvalue weighted by molar-refractivity contribution is 6.27. The summed E-state index contributed by atoms with van der Waals surface area (Å²) < 4.78 is 232. The minimum absolute atomic E-state index is 0.00714. The molecule has 15 rings (SSSR count). The van der Waals surface area contributed by atoms with Gasteiger partial charge < -0.3 is 19.4 Å². The van der Waals surface area contributed by atoms with Gasteiger partial charge in [-0.25, -0.2) is 130 Å². The Kier molecular flexibility index (Phi) is 29.3. The summed E-state index contributed by atoms with van der Waals surface area (Å²) in [5.74, 6) is -39.7. The van der Waals surface area contributed by atoms with E-state index in [1.165, 1.54) is 0 Å². The number of hydrogen-bond donors (Lipinski definition) is 0. The van der Waals surface area contributed by atoms with Gasteiger partial charge in [-0.1, -0.05) is 49.0 Å². The average Bonchev–Trinajstić information content (AvgIpc) is 1.48. The molecule has 6 heterocycles. The smallest absolute Gasteiger partial charge is 0.373 e. The van der Waals surface area contributed by atoms with E-state index in [9.17, 15) is 96.5 Å². The quantitative estimate of drug-likeness (QED) is 0.0521. The highest BCUT2D eigenvalue weighted by Gasteiger charge is 2.47. The van der Waals surface area contributed by atoms with E-state index in [0.29, 0.717) is 10.4 Å². The lowest BCUT2D eigenvalue weighted by Gasteiger charge is -2.09.